The van der Waals surface area contributed by atoms with Gasteiger partial charge in [-0.3, -0.25) is 14.0 Å². The van der Waals surface area contributed by atoms with Crippen molar-refractivity contribution in [2.45, 2.75) is 20.4 Å². The first-order chi connectivity index (χ1) is 12.2. The molecule has 25 heavy (non-hydrogen) atoms. The Balaban J connectivity index is 1.68. The van der Waals surface area contributed by atoms with Crippen LogP contribution in [0.4, 0.5) is 5.69 Å². The number of carbonyl (C=O) groups excluding carboxylic acids is 1. The van der Waals surface area contributed by atoms with Crippen molar-refractivity contribution in [1.29, 1.82) is 0 Å². The Kier molecular flexibility index (Phi) is 3.60. The van der Waals surface area contributed by atoms with Crippen LogP contribution >= 0.6 is 0 Å². The number of benzene rings is 1. The lowest BCUT2D eigenvalue weighted by Gasteiger charge is -2.08. The smallest absolute Gasteiger partial charge is 0.255 e. The van der Waals surface area contributed by atoms with Crippen molar-refractivity contribution in [3.63, 3.8) is 0 Å². The normalized spacial score (nSPS) is 12.4. The lowest BCUT2D eigenvalue weighted by molar-refractivity contribution is 0.102. The molecule has 0 saturated carbocycles. The van der Waals surface area contributed by atoms with Crippen molar-refractivity contribution < 1.29 is 14.3 Å². The van der Waals surface area contributed by atoms with E-state index in [2.05, 4.69) is 20.6 Å². The summed E-state index contributed by atoms with van der Waals surface area (Å²) in [6.07, 6.45) is 3.08. The predicted molar refractivity (Wildman–Crippen MR) is 88.1 cm³/mol. The summed E-state index contributed by atoms with van der Waals surface area (Å²) in [5.41, 5.74) is 1.94. The molecular formula is C16H16N6O3. The quantitative estimate of drug-likeness (QED) is 0.778. The maximum Gasteiger partial charge on any atom is 0.255 e. The van der Waals surface area contributed by atoms with Crippen molar-refractivity contribution >= 4 is 11.6 Å². The summed E-state index contributed by atoms with van der Waals surface area (Å²) < 4.78 is 14.1. The van der Waals surface area contributed by atoms with Gasteiger partial charge in [-0.2, -0.15) is 5.10 Å². The molecule has 1 amide bonds. The Hall–Kier alpha value is -3.36. The van der Waals surface area contributed by atoms with Gasteiger partial charge < -0.3 is 14.8 Å². The van der Waals surface area contributed by atoms with Gasteiger partial charge in [-0.1, -0.05) is 0 Å². The van der Waals surface area contributed by atoms with Crippen LogP contribution in [0.2, 0.25) is 0 Å². The third-order valence-electron chi connectivity index (χ3n) is 4.02. The summed E-state index contributed by atoms with van der Waals surface area (Å²) in [4.78, 5) is 12.7. The molecule has 0 fully saturated rings. The van der Waals surface area contributed by atoms with E-state index in [0.717, 1.165) is 5.69 Å². The lowest BCUT2D eigenvalue weighted by Crippen LogP contribution is -2.14. The first-order valence-corrected chi connectivity index (χ1v) is 7.80. The molecule has 0 saturated heterocycles. The Morgan fingerprint density at radius 3 is 2.76 bits per heavy atom. The van der Waals surface area contributed by atoms with Crippen LogP contribution in [-0.4, -0.2) is 37.2 Å². The number of carbonyl (C=O) groups is 1. The van der Waals surface area contributed by atoms with Crippen LogP contribution < -0.4 is 14.8 Å². The molecule has 0 spiro atoms. The minimum absolute atomic E-state index is 0.167. The average molecular weight is 340 g/mol. The monoisotopic (exact) mass is 340 g/mol. The molecule has 0 bridgehead atoms. The third kappa shape index (κ3) is 2.59. The Morgan fingerprint density at radius 1 is 1.24 bits per heavy atom. The van der Waals surface area contributed by atoms with Crippen molar-refractivity contribution in [1.82, 2.24) is 24.5 Å². The molecule has 0 radical (unpaired) electrons. The Labute approximate surface area is 143 Å². The number of fused-ring (bicyclic) bond motifs is 1. The highest BCUT2D eigenvalue weighted by atomic mass is 16.7. The largest absolute Gasteiger partial charge is 0.454 e. The number of amides is 1. The van der Waals surface area contributed by atoms with E-state index < -0.39 is 0 Å². The topological polar surface area (TPSA) is 96.1 Å². The Bertz CT molecular complexity index is 932. The number of nitrogens with one attached hydrogen (secondary N) is 1. The van der Waals surface area contributed by atoms with Gasteiger partial charge in [0.15, 0.2) is 17.3 Å². The molecule has 3 aromatic rings. The molecule has 2 aromatic heterocycles. The van der Waals surface area contributed by atoms with Crippen LogP contribution in [0.5, 0.6) is 11.5 Å². The lowest BCUT2D eigenvalue weighted by atomic mass is 10.2. The highest BCUT2D eigenvalue weighted by Crippen LogP contribution is 2.33. The van der Waals surface area contributed by atoms with Gasteiger partial charge in [0, 0.05) is 12.1 Å². The van der Waals surface area contributed by atoms with Crippen LogP contribution in [-0.2, 0) is 6.54 Å². The highest BCUT2D eigenvalue weighted by Gasteiger charge is 2.21. The summed E-state index contributed by atoms with van der Waals surface area (Å²) in [5, 5.41) is 15.1. The van der Waals surface area contributed by atoms with Gasteiger partial charge in [-0.15, -0.1) is 10.2 Å². The van der Waals surface area contributed by atoms with Gasteiger partial charge in [0.1, 0.15) is 18.3 Å². The molecular weight excluding hydrogens is 324 g/mol. The van der Waals surface area contributed by atoms with E-state index in [4.69, 9.17) is 9.47 Å². The number of hydrogen-bond donors (Lipinski definition) is 1. The number of nitrogens with zero attached hydrogens (tertiary/aromatic N) is 5. The van der Waals surface area contributed by atoms with Gasteiger partial charge in [0.2, 0.25) is 6.79 Å². The molecule has 1 N–H and O–H groups in total. The van der Waals surface area contributed by atoms with Crippen LogP contribution in [0, 0.1) is 6.92 Å². The molecule has 0 aliphatic carbocycles. The minimum atomic E-state index is -0.258. The molecule has 1 aromatic carbocycles. The molecule has 1 aliphatic heterocycles. The van der Waals surface area contributed by atoms with E-state index in [-0.39, 0.29) is 12.7 Å². The average Bonchev–Trinajstić information content (AvgIpc) is 3.35. The number of ether oxygens (including phenoxy) is 2. The zero-order chi connectivity index (χ0) is 17.4. The van der Waals surface area contributed by atoms with Crippen molar-refractivity contribution in [2.24, 2.45) is 0 Å². The van der Waals surface area contributed by atoms with Crippen molar-refractivity contribution in [3.8, 4) is 17.3 Å². The molecule has 4 rings (SSSR count). The second-order valence-electron chi connectivity index (χ2n) is 5.49. The van der Waals surface area contributed by atoms with E-state index in [0.29, 0.717) is 35.1 Å². The van der Waals surface area contributed by atoms with Gasteiger partial charge in [-0.25, -0.2) is 0 Å². The fourth-order valence-corrected chi connectivity index (χ4v) is 2.70. The van der Waals surface area contributed by atoms with Gasteiger partial charge in [0.25, 0.3) is 5.91 Å². The zero-order valence-electron chi connectivity index (χ0n) is 13.8. The fourth-order valence-electron chi connectivity index (χ4n) is 2.70. The van der Waals surface area contributed by atoms with Gasteiger partial charge >= 0.3 is 0 Å². The van der Waals surface area contributed by atoms with E-state index >= 15 is 0 Å². The number of aromatic nitrogens is 5. The van der Waals surface area contributed by atoms with E-state index in [9.17, 15) is 4.79 Å². The zero-order valence-corrected chi connectivity index (χ0v) is 13.8. The van der Waals surface area contributed by atoms with Crippen LogP contribution in [0.1, 0.15) is 23.0 Å². The van der Waals surface area contributed by atoms with E-state index in [1.165, 1.54) is 12.7 Å². The molecule has 3 heterocycles. The number of anilines is 1. The first-order valence-electron chi connectivity index (χ1n) is 7.80. The van der Waals surface area contributed by atoms with Gasteiger partial charge in [-0.05, 0) is 32.0 Å². The summed E-state index contributed by atoms with van der Waals surface area (Å²) in [6, 6.07) is 5.08. The van der Waals surface area contributed by atoms with E-state index in [1.807, 2.05) is 18.5 Å². The molecule has 1 aliphatic rings. The highest BCUT2D eigenvalue weighted by molar-refractivity contribution is 6.05. The molecule has 0 unspecified atom stereocenters. The van der Waals surface area contributed by atoms with Crippen molar-refractivity contribution in [3.05, 3.63) is 42.1 Å². The maximum atomic E-state index is 12.7. The summed E-state index contributed by atoms with van der Waals surface area (Å²) >= 11 is 0. The summed E-state index contributed by atoms with van der Waals surface area (Å²) in [5.74, 6) is 1.51. The molecule has 9 heteroatoms. The predicted octanol–water partition coefficient (Wildman–Crippen LogP) is 1.77. The minimum Gasteiger partial charge on any atom is -0.454 e. The van der Waals surface area contributed by atoms with Crippen LogP contribution in [0.25, 0.3) is 5.82 Å². The Morgan fingerprint density at radius 2 is 2.00 bits per heavy atom. The van der Waals surface area contributed by atoms with E-state index in [1.54, 1.807) is 22.8 Å². The van der Waals surface area contributed by atoms with Crippen molar-refractivity contribution in [2.75, 3.05) is 12.1 Å². The molecule has 0 atom stereocenters. The number of hydrogen-bond acceptors (Lipinski definition) is 6. The number of rotatable bonds is 4. The maximum absolute atomic E-state index is 12.7. The van der Waals surface area contributed by atoms with Gasteiger partial charge in [0.05, 0.1) is 5.69 Å². The summed E-state index contributed by atoms with van der Waals surface area (Å²) in [7, 11) is 0. The fraction of sp³-hybridized carbons (Fsp3) is 0.250. The number of aryl methyl sites for hydroxylation is 1. The van der Waals surface area contributed by atoms with Crippen LogP contribution in [0.15, 0.2) is 30.9 Å². The standard InChI is InChI=1S/C16H16N6O3/c1-3-22-10(2)14(15(20-22)21-7-17-18-8-21)19-16(23)11-4-5-12-13(6-11)25-9-24-12/h4-8H,3,9H2,1-2H3,(H,19,23). The SMILES string of the molecule is CCn1nc(-n2cnnc2)c(NC(=O)c2ccc3c(c2)OCO3)c1C. The second-order valence-corrected chi connectivity index (χ2v) is 5.49. The molecule has 9 nitrogen and oxygen atoms in total. The summed E-state index contributed by atoms with van der Waals surface area (Å²) in [6.45, 7) is 4.74. The van der Waals surface area contributed by atoms with Crippen LogP contribution in [0.3, 0.4) is 0 Å². The second kappa shape index (κ2) is 5.93. The molecule has 128 valence electrons. The third-order valence-corrected chi connectivity index (χ3v) is 4.02. The first kappa shape index (κ1) is 15.2.